The Balaban J connectivity index is 3.01. The van der Waals surface area contributed by atoms with Gasteiger partial charge in [0.25, 0.3) is 0 Å². The van der Waals surface area contributed by atoms with Gasteiger partial charge in [-0.25, -0.2) is 0 Å². The van der Waals surface area contributed by atoms with Crippen molar-refractivity contribution >= 4 is 0 Å². The van der Waals surface area contributed by atoms with Crippen molar-refractivity contribution in [1.82, 2.24) is 9.80 Å². The van der Waals surface area contributed by atoms with E-state index in [1.165, 1.54) is 0 Å². The normalized spacial score (nSPS) is 11.8. The maximum absolute atomic E-state index is 5.45. The summed E-state index contributed by atoms with van der Waals surface area (Å²) in [7, 11) is 8.09. The van der Waals surface area contributed by atoms with Crippen LogP contribution in [0.25, 0.3) is 0 Å². The van der Waals surface area contributed by atoms with E-state index in [0.29, 0.717) is 92.5 Å². The number of ether oxygens (including phenoxy) is 8. The fourth-order valence-electron chi connectivity index (χ4n) is 2.14. The lowest BCUT2D eigenvalue weighted by molar-refractivity contribution is -0.0235. The maximum Gasteiger partial charge on any atom is 0.0701 e. The van der Waals surface area contributed by atoms with Crippen LogP contribution in [-0.2, 0) is 37.9 Å². The first kappa shape index (κ1) is 31.6. The molecule has 0 aliphatic carbocycles. The van der Waals surface area contributed by atoms with E-state index in [1.54, 1.807) is 0 Å². The average molecular weight is 469 g/mol. The Morgan fingerprint density at radius 3 is 0.594 bits per heavy atom. The Morgan fingerprint density at radius 1 is 0.281 bits per heavy atom. The van der Waals surface area contributed by atoms with E-state index in [-0.39, 0.29) is 0 Å². The highest BCUT2D eigenvalue weighted by Crippen LogP contribution is 1.86. The first-order valence-corrected chi connectivity index (χ1v) is 11.5. The number of hydrogen-bond donors (Lipinski definition) is 0. The molecular formula is C22H48N2O8. The van der Waals surface area contributed by atoms with E-state index in [1.807, 2.05) is 28.2 Å². The van der Waals surface area contributed by atoms with Gasteiger partial charge in [-0.15, -0.1) is 0 Å². The maximum atomic E-state index is 5.45. The molecule has 0 atom stereocenters. The van der Waals surface area contributed by atoms with Crippen LogP contribution < -0.4 is 0 Å². The Morgan fingerprint density at radius 2 is 0.438 bits per heavy atom. The first-order chi connectivity index (χ1) is 15.6. The summed E-state index contributed by atoms with van der Waals surface area (Å²) in [6.07, 6.45) is 0. The molecule has 0 fully saturated rings. The van der Waals surface area contributed by atoms with E-state index in [4.69, 9.17) is 37.9 Å². The molecular weight excluding hydrogens is 420 g/mol. The minimum Gasteiger partial charge on any atom is -0.378 e. The molecule has 0 rings (SSSR count). The largest absolute Gasteiger partial charge is 0.378 e. The predicted octanol–water partition coefficient (Wildman–Crippen LogP) is 0.242. The minimum atomic E-state index is 0.543. The lowest BCUT2D eigenvalue weighted by Crippen LogP contribution is -2.19. The highest BCUT2D eigenvalue weighted by atomic mass is 16.6. The molecule has 0 aromatic rings. The average Bonchev–Trinajstić information content (AvgIpc) is 2.75. The van der Waals surface area contributed by atoms with E-state index in [2.05, 4.69) is 9.80 Å². The van der Waals surface area contributed by atoms with E-state index >= 15 is 0 Å². The van der Waals surface area contributed by atoms with Crippen LogP contribution in [0.2, 0.25) is 0 Å². The molecule has 10 nitrogen and oxygen atoms in total. The third-order valence-electron chi connectivity index (χ3n) is 3.97. The molecule has 0 aliphatic rings. The molecule has 0 spiro atoms. The van der Waals surface area contributed by atoms with Crippen LogP contribution in [-0.4, -0.2) is 157 Å². The van der Waals surface area contributed by atoms with Crippen molar-refractivity contribution in [3.63, 3.8) is 0 Å². The molecule has 0 aliphatic heterocycles. The molecule has 0 bridgehead atoms. The molecule has 0 unspecified atom stereocenters. The van der Waals surface area contributed by atoms with E-state index < -0.39 is 0 Å². The van der Waals surface area contributed by atoms with Gasteiger partial charge in [-0.05, 0) is 28.2 Å². The monoisotopic (exact) mass is 468 g/mol. The van der Waals surface area contributed by atoms with Crippen LogP contribution in [0.5, 0.6) is 0 Å². The van der Waals surface area contributed by atoms with Crippen LogP contribution in [0.3, 0.4) is 0 Å². The van der Waals surface area contributed by atoms with Crippen molar-refractivity contribution < 1.29 is 37.9 Å². The summed E-state index contributed by atoms with van der Waals surface area (Å²) in [6.45, 7) is 11.2. The summed E-state index contributed by atoms with van der Waals surface area (Å²) in [5.74, 6) is 0. The van der Waals surface area contributed by atoms with Gasteiger partial charge >= 0.3 is 0 Å². The third-order valence-corrected chi connectivity index (χ3v) is 3.97. The summed E-state index contributed by atoms with van der Waals surface area (Å²) in [5.41, 5.74) is 0. The Bertz CT molecular complexity index is 320. The zero-order chi connectivity index (χ0) is 23.5. The Kier molecular flexibility index (Phi) is 26.5. The van der Waals surface area contributed by atoms with Gasteiger partial charge in [0, 0.05) is 13.1 Å². The van der Waals surface area contributed by atoms with Crippen LogP contribution in [0.15, 0.2) is 0 Å². The third kappa shape index (κ3) is 29.6. The van der Waals surface area contributed by atoms with Gasteiger partial charge in [0.05, 0.1) is 106 Å². The van der Waals surface area contributed by atoms with Crippen LogP contribution in [0, 0.1) is 0 Å². The van der Waals surface area contributed by atoms with Gasteiger partial charge < -0.3 is 47.7 Å². The summed E-state index contributed by atoms with van der Waals surface area (Å²) in [5, 5.41) is 0. The highest BCUT2D eigenvalue weighted by Gasteiger charge is 1.96. The SMILES string of the molecule is CN(C)CCOCCOCCOCCOCCOCCOCCOCCOCCN(C)C. The topological polar surface area (TPSA) is 80.3 Å². The van der Waals surface area contributed by atoms with Crippen molar-refractivity contribution in [2.24, 2.45) is 0 Å². The molecule has 0 radical (unpaired) electrons. The van der Waals surface area contributed by atoms with Gasteiger partial charge in [-0.3, -0.25) is 0 Å². The smallest absolute Gasteiger partial charge is 0.0701 e. The molecule has 0 aromatic carbocycles. The second-order valence-electron chi connectivity index (χ2n) is 7.51. The van der Waals surface area contributed by atoms with Crippen molar-refractivity contribution in [3.05, 3.63) is 0 Å². The number of nitrogens with zero attached hydrogens (tertiary/aromatic N) is 2. The number of hydrogen-bond acceptors (Lipinski definition) is 10. The van der Waals surface area contributed by atoms with Crippen LogP contribution >= 0.6 is 0 Å². The zero-order valence-electron chi connectivity index (χ0n) is 20.9. The number of likely N-dealkylation sites (N-methyl/N-ethyl adjacent to an activating group) is 2. The van der Waals surface area contributed by atoms with Gasteiger partial charge in [-0.2, -0.15) is 0 Å². The standard InChI is InChI=1S/C22H48N2O8/c1-23(2)5-7-25-9-11-27-13-15-29-17-19-31-21-22-32-20-18-30-16-14-28-12-10-26-8-6-24(3)4/h5-22H2,1-4H3. The summed E-state index contributed by atoms with van der Waals surface area (Å²) >= 11 is 0. The zero-order valence-corrected chi connectivity index (χ0v) is 20.9. The lowest BCUT2D eigenvalue weighted by atomic mass is 10.6. The molecule has 0 amide bonds. The van der Waals surface area contributed by atoms with Gasteiger partial charge in [-0.1, -0.05) is 0 Å². The van der Waals surface area contributed by atoms with Crippen molar-refractivity contribution in [1.29, 1.82) is 0 Å². The Labute approximate surface area is 195 Å². The number of rotatable bonds is 27. The van der Waals surface area contributed by atoms with Gasteiger partial charge in [0.1, 0.15) is 0 Å². The fourth-order valence-corrected chi connectivity index (χ4v) is 2.14. The molecule has 0 heterocycles. The highest BCUT2D eigenvalue weighted by molar-refractivity contribution is 4.41. The first-order valence-electron chi connectivity index (χ1n) is 11.5. The van der Waals surface area contributed by atoms with Gasteiger partial charge in [0.15, 0.2) is 0 Å². The summed E-state index contributed by atoms with van der Waals surface area (Å²) in [4.78, 5) is 4.17. The van der Waals surface area contributed by atoms with Crippen molar-refractivity contribution in [2.45, 2.75) is 0 Å². The van der Waals surface area contributed by atoms with E-state index in [0.717, 1.165) is 26.3 Å². The molecule has 0 aromatic heterocycles. The molecule has 0 saturated heterocycles. The molecule has 32 heavy (non-hydrogen) atoms. The minimum absolute atomic E-state index is 0.543. The fraction of sp³-hybridized carbons (Fsp3) is 1.00. The van der Waals surface area contributed by atoms with Gasteiger partial charge in [0.2, 0.25) is 0 Å². The van der Waals surface area contributed by atoms with Crippen molar-refractivity contribution in [3.8, 4) is 0 Å². The summed E-state index contributed by atoms with van der Waals surface area (Å²) in [6, 6.07) is 0. The molecule has 0 saturated carbocycles. The second kappa shape index (κ2) is 26.8. The van der Waals surface area contributed by atoms with E-state index in [9.17, 15) is 0 Å². The molecule has 10 heteroatoms. The van der Waals surface area contributed by atoms with Crippen LogP contribution in [0.1, 0.15) is 0 Å². The van der Waals surface area contributed by atoms with Crippen LogP contribution in [0.4, 0.5) is 0 Å². The second-order valence-corrected chi connectivity index (χ2v) is 7.51. The molecule has 0 N–H and O–H groups in total. The van der Waals surface area contributed by atoms with Crippen molar-refractivity contribution in [2.75, 3.05) is 147 Å². The molecule has 194 valence electrons. The lowest BCUT2D eigenvalue weighted by Gasteiger charge is -2.10. The predicted molar refractivity (Wildman–Crippen MR) is 124 cm³/mol. The quantitative estimate of drug-likeness (QED) is 0.156. The summed E-state index contributed by atoms with van der Waals surface area (Å²) < 4.78 is 43.5. The Hall–Kier alpha value is -0.400.